The second-order valence-electron chi connectivity index (χ2n) is 8.23. The first-order valence-electron chi connectivity index (χ1n) is 10.1. The molecule has 0 N–H and O–H groups in total. The highest BCUT2D eigenvalue weighted by molar-refractivity contribution is 5.87. The van der Waals surface area contributed by atoms with Crippen molar-refractivity contribution in [3.05, 3.63) is 59.9 Å². The molecule has 1 fully saturated rings. The molecule has 1 aromatic heterocycles. The standard InChI is InChI=1S/C23H31N3O2/c1-18(2)14-26(23(28)20-11-12-20)17-22(27)25(15-19-8-5-4-6-9-19)16-21-10-7-13-24(21)3/h4-10,13,18,20H,11-12,14-17H2,1-3H3. The Bertz CT molecular complexity index is 793. The van der Waals surface area contributed by atoms with Crippen LogP contribution in [0.4, 0.5) is 0 Å². The molecular weight excluding hydrogens is 350 g/mol. The summed E-state index contributed by atoms with van der Waals surface area (Å²) < 4.78 is 2.03. The van der Waals surface area contributed by atoms with E-state index in [9.17, 15) is 9.59 Å². The SMILES string of the molecule is CC(C)CN(CC(=O)N(Cc1ccccc1)Cc1cccn1C)C(=O)C1CC1. The molecule has 0 atom stereocenters. The summed E-state index contributed by atoms with van der Waals surface area (Å²) in [7, 11) is 1.99. The Morgan fingerprint density at radius 3 is 2.32 bits per heavy atom. The topological polar surface area (TPSA) is 45.6 Å². The van der Waals surface area contributed by atoms with E-state index in [-0.39, 0.29) is 24.3 Å². The van der Waals surface area contributed by atoms with Crippen molar-refractivity contribution in [3.8, 4) is 0 Å². The molecule has 1 heterocycles. The summed E-state index contributed by atoms with van der Waals surface area (Å²) in [6.45, 7) is 6.03. The summed E-state index contributed by atoms with van der Waals surface area (Å²) >= 11 is 0. The minimum Gasteiger partial charge on any atom is -0.353 e. The van der Waals surface area contributed by atoms with Crippen LogP contribution in [0.15, 0.2) is 48.7 Å². The first-order chi connectivity index (χ1) is 13.4. The van der Waals surface area contributed by atoms with E-state index in [0.29, 0.717) is 25.6 Å². The zero-order valence-corrected chi connectivity index (χ0v) is 17.2. The number of hydrogen-bond donors (Lipinski definition) is 0. The maximum Gasteiger partial charge on any atom is 0.242 e. The van der Waals surface area contributed by atoms with Crippen LogP contribution in [0.5, 0.6) is 0 Å². The normalized spacial score (nSPS) is 13.6. The molecule has 0 saturated heterocycles. The number of hydrogen-bond acceptors (Lipinski definition) is 2. The van der Waals surface area contributed by atoms with Gasteiger partial charge in [0.1, 0.15) is 0 Å². The van der Waals surface area contributed by atoms with E-state index < -0.39 is 0 Å². The van der Waals surface area contributed by atoms with Crippen molar-refractivity contribution >= 4 is 11.8 Å². The first-order valence-corrected chi connectivity index (χ1v) is 10.1. The van der Waals surface area contributed by atoms with Crippen LogP contribution >= 0.6 is 0 Å². The second-order valence-corrected chi connectivity index (χ2v) is 8.23. The minimum absolute atomic E-state index is 0.000275. The average molecular weight is 382 g/mol. The van der Waals surface area contributed by atoms with Gasteiger partial charge in [0.25, 0.3) is 0 Å². The predicted molar refractivity (Wildman–Crippen MR) is 110 cm³/mol. The van der Waals surface area contributed by atoms with Gasteiger partial charge in [-0.15, -0.1) is 0 Å². The number of aromatic nitrogens is 1. The number of carbonyl (C=O) groups excluding carboxylic acids is 2. The minimum atomic E-state index is -0.000275. The van der Waals surface area contributed by atoms with Gasteiger partial charge in [-0.2, -0.15) is 0 Å². The third kappa shape index (κ3) is 5.47. The van der Waals surface area contributed by atoms with Crippen molar-refractivity contribution < 1.29 is 9.59 Å². The maximum absolute atomic E-state index is 13.2. The highest BCUT2D eigenvalue weighted by Crippen LogP contribution is 2.31. The molecule has 5 heteroatoms. The molecule has 1 aromatic carbocycles. The quantitative estimate of drug-likeness (QED) is 0.668. The molecule has 1 aliphatic carbocycles. The van der Waals surface area contributed by atoms with Crippen molar-refractivity contribution in [1.82, 2.24) is 14.4 Å². The molecule has 0 bridgehead atoms. The predicted octanol–water partition coefficient (Wildman–Crippen LogP) is 3.45. The molecular formula is C23H31N3O2. The van der Waals surface area contributed by atoms with Gasteiger partial charge in [0.05, 0.1) is 13.1 Å². The fourth-order valence-corrected chi connectivity index (χ4v) is 3.42. The largest absolute Gasteiger partial charge is 0.353 e. The van der Waals surface area contributed by atoms with Crippen LogP contribution in [0.2, 0.25) is 0 Å². The third-order valence-electron chi connectivity index (χ3n) is 5.12. The summed E-state index contributed by atoms with van der Waals surface area (Å²) in [6.07, 6.45) is 3.90. The lowest BCUT2D eigenvalue weighted by molar-refractivity contribution is -0.142. The summed E-state index contributed by atoms with van der Waals surface area (Å²) in [6, 6.07) is 14.0. The van der Waals surface area contributed by atoms with Crippen molar-refractivity contribution in [1.29, 1.82) is 0 Å². The Morgan fingerprint density at radius 1 is 1.04 bits per heavy atom. The van der Waals surface area contributed by atoms with Crippen molar-refractivity contribution in [3.63, 3.8) is 0 Å². The molecule has 0 aliphatic heterocycles. The van der Waals surface area contributed by atoms with Crippen LogP contribution < -0.4 is 0 Å². The molecule has 0 radical (unpaired) electrons. The van der Waals surface area contributed by atoms with E-state index in [1.807, 2.05) is 65.2 Å². The number of benzene rings is 1. The smallest absolute Gasteiger partial charge is 0.242 e. The molecule has 150 valence electrons. The van der Waals surface area contributed by atoms with Gasteiger partial charge in [-0.25, -0.2) is 0 Å². The van der Waals surface area contributed by atoms with Gasteiger partial charge in [0.2, 0.25) is 11.8 Å². The number of nitrogens with zero attached hydrogens (tertiary/aromatic N) is 3. The van der Waals surface area contributed by atoms with E-state index >= 15 is 0 Å². The lowest BCUT2D eigenvalue weighted by atomic mass is 10.1. The maximum atomic E-state index is 13.2. The number of carbonyl (C=O) groups is 2. The van der Waals surface area contributed by atoms with Gasteiger partial charge >= 0.3 is 0 Å². The Kier molecular flexibility index (Phi) is 6.55. The number of rotatable bonds is 9. The Labute approximate surface area is 167 Å². The van der Waals surface area contributed by atoms with Crippen LogP contribution in [0.3, 0.4) is 0 Å². The third-order valence-corrected chi connectivity index (χ3v) is 5.12. The summed E-state index contributed by atoms with van der Waals surface area (Å²) in [4.78, 5) is 29.6. The lowest BCUT2D eigenvalue weighted by Gasteiger charge is -2.29. The van der Waals surface area contributed by atoms with Crippen LogP contribution in [-0.4, -0.2) is 39.3 Å². The zero-order chi connectivity index (χ0) is 20.1. The summed E-state index contributed by atoms with van der Waals surface area (Å²) in [5.74, 6) is 0.605. The van der Waals surface area contributed by atoms with E-state index in [1.165, 1.54) is 0 Å². The van der Waals surface area contributed by atoms with Gasteiger partial charge in [0, 0.05) is 37.9 Å². The van der Waals surface area contributed by atoms with Crippen molar-refractivity contribution in [2.75, 3.05) is 13.1 Å². The fourth-order valence-electron chi connectivity index (χ4n) is 3.42. The van der Waals surface area contributed by atoms with Gasteiger partial charge in [-0.05, 0) is 36.5 Å². The number of amides is 2. The summed E-state index contributed by atoms with van der Waals surface area (Å²) in [5.41, 5.74) is 2.17. The Balaban J connectivity index is 1.75. The Hall–Kier alpha value is -2.56. The van der Waals surface area contributed by atoms with Gasteiger partial charge in [-0.3, -0.25) is 9.59 Å². The lowest BCUT2D eigenvalue weighted by Crippen LogP contribution is -2.44. The van der Waals surface area contributed by atoms with Gasteiger partial charge in [0.15, 0.2) is 0 Å². The highest BCUT2D eigenvalue weighted by Gasteiger charge is 2.34. The Morgan fingerprint density at radius 2 is 1.75 bits per heavy atom. The van der Waals surface area contributed by atoms with E-state index in [1.54, 1.807) is 4.90 Å². The molecule has 0 unspecified atom stereocenters. The molecule has 28 heavy (non-hydrogen) atoms. The number of aryl methyl sites for hydroxylation is 1. The van der Waals surface area contributed by atoms with Crippen LogP contribution in [-0.2, 0) is 29.7 Å². The van der Waals surface area contributed by atoms with Crippen LogP contribution in [0.1, 0.15) is 37.9 Å². The van der Waals surface area contributed by atoms with Crippen LogP contribution in [0.25, 0.3) is 0 Å². The van der Waals surface area contributed by atoms with Gasteiger partial charge < -0.3 is 14.4 Å². The fraction of sp³-hybridized carbons (Fsp3) is 0.478. The molecule has 5 nitrogen and oxygen atoms in total. The summed E-state index contributed by atoms with van der Waals surface area (Å²) in [5, 5.41) is 0. The highest BCUT2D eigenvalue weighted by atomic mass is 16.2. The average Bonchev–Trinajstić information content (AvgIpc) is 3.44. The van der Waals surface area contributed by atoms with Gasteiger partial charge in [-0.1, -0.05) is 44.2 Å². The molecule has 2 amide bonds. The molecule has 1 aliphatic rings. The zero-order valence-electron chi connectivity index (χ0n) is 17.2. The monoisotopic (exact) mass is 381 g/mol. The van der Waals surface area contributed by atoms with E-state index in [2.05, 4.69) is 13.8 Å². The van der Waals surface area contributed by atoms with E-state index in [0.717, 1.165) is 24.1 Å². The molecule has 2 aromatic rings. The second kappa shape index (κ2) is 9.09. The molecule has 3 rings (SSSR count). The molecule has 1 saturated carbocycles. The first kappa shape index (κ1) is 20.2. The van der Waals surface area contributed by atoms with Crippen molar-refractivity contribution in [2.24, 2.45) is 18.9 Å². The van der Waals surface area contributed by atoms with E-state index in [4.69, 9.17) is 0 Å². The molecule has 0 spiro atoms. The van der Waals surface area contributed by atoms with Crippen molar-refractivity contribution in [2.45, 2.75) is 39.8 Å². The van der Waals surface area contributed by atoms with Crippen LogP contribution in [0, 0.1) is 11.8 Å².